The Labute approximate surface area is 145 Å². The molecule has 2 aromatic carbocycles. The van der Waals surface area contributed by atoms with Gasteiger partial charge in [0.1, 0.15) is 5.82 Å². The Hall–Kier alpha value is -2.58. The Morgan fingerprint density at radius 2 is 2.00 bits per heavy atom. The molecule has 1 heterocycles. The first-order valence-electron chi connectivity index (χ1n) is 7.01. The average Bonchev–Trinajstić information content (AvgIpc) is 2.56. The highest BCUT2D eigenvalue weighted by Gasteiger charge is 2.17. The summed E-state index contributed by atoms with van der Waals surface area (Å²) < 4.78 is 15.0. The second-order valence-electron chi connectivity index (χ2n) is 5.09. The molecular formula is C16H13BrFN5O. The van der Waals surface area contributed by atoms with Crippen molar-refractivity contribution in [2.24, 2.45) is 11.5 Å². The van der Waals surface area contributed by atoms with Crippen LogP contribution in [0.1, 0.15) is 16.1 Å². The van der Waals surface area contributed by atoms with Crippen LogP contribution in [0.5, 0.6) is 0 Å². The molecule has 122 valence electrons. The second kappa shape index (κ2) is 6.50. The summed E-state index contributed by atoms with van der Waals surface area (Å²) >= 11 is 3.35. The molecule has 0 atom stereocenters. The number of nitrogens with two attached hydrogens (primary N) is 2. The van der Waals surface area contributed by atoms with E-state index in [1.807, 2.05) is 0 Å². The molecule has 0 saturated carbocycles. The fourth-order valence-corrected chi connectivity index (χ4v) is 2.65. The number of carbonyl (C=O) groups excluding carboxylic acids is 1. The third-order valence-electron chi connectivity index (χ3n) is 3.49. The highest BCUT2D eigenvalue weighted by molar-refractivity contribution is 9.10. The molecule has 24 heavy (non-hydrogen) atoms. The molecule has 6 nitrogen and oxygen atoms in total. The number of nitrogens with one attached hydrogen (secondary N) is 1. The van der Waals surface area contributed by atoms with Crippen molar-refractivity contribution in [1.29, 1.82) is 0 Å². The molecule has 8 heteroatoms. The van der Waals surface area contributed by atoms with Crippen molar-refractivity contribution in [2.45, 2.75) is 6.54 Å². The maximum atomic E-state index is 14.2. The number of carbonyl (C=O) groups is 1. The van der Waals surface area contributed by atoms with Gasteiger partial charge in [-0.1, -0.05) is 22.0 Å². The van der Waals surface area contributed by atoms with Gasteiger partial charge in [-0.15, -0.1) is 10.2 Å². The van der Waals surface area contributed by atoms with Crippen molar-refractivity contribution in [1.82, 2.24) is 10.2 Å². The van der Waals surface area contributed by atoms with E-state index in [2.05, 4.69) is 31.4 Å². The van der Waals surface area contributed by atoms with E-state index in [4.69, 9.17) is 11.5 Å². The van der Waals surface area contributed by atoms with Crippen molar-refractivity contribution in [3.05, 3.63) is 57.9 Å². The molecule has 0 radical (unpaired) electrons. The summed E-state index contributed by atoms with van der Waals surface area (Å²) in [5.41, 5.74) is 12.5. The van der Waals surface area contributed by atoms with Crippen molar-refractivity contribution in [3.63, 3.8) is 0 Å². The van der Waals surface area contributed by atoms with Crippen molar-refractivity contribution >= 4 is 44.1 Å². The van der Waals surface area contributed by atoms with Crippen LogP contribution in [0, 0.1) is 5.82 Å². The van der Waals surface area contributed by atoms with Gasteiger partial charge in [0.2, 0.25) is 0 Å². The maximum absolute atomic E-state index is 14.2. The number of hydrogen-bond acceptors (Lipinski definition) is 5. The van der Waals surface area contributed by atoms with Gasteiger partial charge in [0.15, 0.2) is 5.69 Å². The lowest BCUT2D eigenvalue weighted by Crippen LogP contribution is -2.17. The van der Waals surface area contributed by atoms with E-state index in [0.29, 0.717) is 22.2 Å². The number of fused-ring (bicyclic) bond motifs is 1. The summed E-state index contributed by atoms with van der Waals surface area (Å²) in [5.74, 6) is -1.25. The third-order valence-corrected chi connectivity index (χ3v) is 3.98. The normalized spacial score (nSPS) is 10.8. The van der Waals surface area contributed by atoms with Crippen LogP contribution in [0.2, 0.25) is 0 Å². The number of aromatic nitrogens is 2. The number of benzene rings is 2. The lowest BCUT2D eigenvalue weighted by atomic mass is 10.1. The first kappa shape index (κ1) is 16.3. The van der Waals surface area contributed by atoms with Crippen molar-refractivity contribution < 1.29 is 9.18 Å². The van der Waals surface area contributed by atoms with E-state index in [-0.39, 0.29) is 17.9 Å². The standard InChI is InChI=1S/C16H13BrFN5O/c17-9-2-3-10-13(6-9)22-23-15(16(20)24)14(10)21-12-4-1-8(7-19)5-11(12)18/h1-6H,7,19H2,(H2,20,24)(H,21,22). The number of hydrogen-bond donors (Lipinski definition) is 3. The fraction of sp³-hybridized carbons (Fsp3) is 0.0625. The molecule has 0 aliphatic heterocycles. The van der Waals surface area contributed by atoms with Crippen LogP contribution < -0.4 is 16.8 Å². The number of primary amides is 1. The van der Waals surface area contributed by atoms with E-state index in [1.165, 1.54) is 6.07 Å². The van der Waals surface area contributed by atoms with Gasteiger partial charge in [-0.2, -0.15) is 0 Å². The fourth-order valence-electron chi connectivity index (χ4n) is 2.30. The highest BCUT2D eigenvalue weighted by Crippen LogP contribution is 2.30. The van der Waals surface area contributed by atoms with Gasteiger partial charge in [-0.25, -0.2) is 4.39 Å². The number of amides is 1. The number of halogens is 2. The zero-order chi connectivity index (χ0) is 17.3. The van der Waals surface area contributed by atoms with Crippen LogP contribution >= 0.6 is 15.9 Å². The van der Waals surface area contributed by atoms with Crippen LogP contribution in [0.15, 0.2) is 40.9 Å². The number of anilines is 2. The van der Waals surface area contributed by atoms with Gasteiger partial charge in [-0.05, 0) is 35.9 Å². The lowest BCUT2D eigenvalue weighted by Gasteiger charge is -2.13. The maximum Gasteiger partial charge on any atom is 0.271 e. The third kappa shape index (κ3) is 3.06. The van der Waals surface area contributed by atoms with Gasteiger partial charge < -0.3 is 16.8 Å². The SMILES string of the molecule is NCc1ccc(Nc2c(C(N)=O)nnc3cc(Br)ccc23)c(F)c1. The molecule has 0 fully saturated rings. The summed E-state index contributed by atoms with van der Waals surface area (Å²) in [6.07, 6.45) is 0. The minimum atomic E-state index is -0.756. The summed E-state index contributed by atoms with van der Waals surface area (Å²) in [6, 6.07) is 9.85. The zero-order valence-electron chi connectivity index (χ0n) is 12.4. The molecule has 1 amide bonds. The topological polar surface area (TPSA) is 107 Å². The van der Waals surface area contributed by atoms with Crippen molar-refractivity contribution in [3.8, 4) is 0 Å². The minimum Gasteiger partial charge on any atom is -0.364 e. The summed E-state index contributed by atoms with van der Waals surface area (Å²) in [5, 5.41) is 11.3. The lowest BCUT2D eigenvalue weighted by molar-refractivity contribution is 0.0995. The molecular weight excluding hydrogens is 377 g/mol. The smallest absolute Gasteiger partial charge is 0.271 e. The monoisotopic (exact) mass is 389 g/mol. The first-order valence-corrected chi connectivity index (χ1v) is 7.80. The summed E-state index contributed by atoms with van der Waals surface area (Å²) in [4.78, 5) is 11.7. The van der Waals surface area contributed by atoms with Gasteiger partial charge in [0, 0.05) is 16.4 Å². The molecule has 3 aromatic rings. The van der Waals surface area contributed by atoms with E-state index in [0.717, 1.165) is 4.47 Å². The largest absolute Gasteiger partial charge is 0.364 e. The molecule has 3 rings (SSSR count). The van der Waals surface area contributed by atoms with Gasteiger partial charge in [-0.3, -0.25) is 4.79 Å². The van der Waals surface area contributed by atoms with Crippen molar-refractivity contribution in [2.75, 3.05) is 5.32 Å². The molecule has 0 aliphatic carbocycles. The molecule has 5 N–H and O–H groups in total. The van der Waals surface area contributed by atoms with Gasteiger partial charge in [0.05, 0.1) is 16.9 Å². The molecule has 0 unspecified atom stereocenters. The molecule has 0 spiro atoms. The van der Waals surface area contributed by atoms with Crippen LogP contribution in [-0.2, 0) is 6.54 Å². The van der Waals surface area contributed by atoms with E-state index < -0.39 is 11.7 Å². The number of rotatable bonds is 4. The molecule has 0 aliphatic rings. The first-order chi connectivity index (χ1) is 11.5. The minimum absolute atomic E-state index is 0.0628. The summed E-state index contributed by atoms with van der Waals surface area (Å²) in [7, 11) is 0. The van der Waals surface area contributed by atoms with Crippen LogP contribution in [0.3, 0.4) is 0 Å². The molecule has 0 bridgehead atoms. The Bertz CT molecular complexity index is 947. The highest BCUT2D eigenvalue weighted by atomic mass is 79.9. The summed E-state index contributed by atoms with van der Waals surface area (Å²) in [6.45, 7) is 0.234. The Morgan fingerprint density at radius 3 is 2.67 bits per heavy atom. The van der Waals surface area contributed by atoms with E-state index >= 15 is 0 Å². The van der Waals surface area contributed by atoms with E-state index in [9.17, 15) is 9.18 Å². The predicted molar refractivity (Wildman–Crippen MR) is 93.3 cm³/mol. The quantitative estimate of drug-likeness (QED) is 0.635. The zero-order valence-corrected chi connectivity index (χ0v) is 14.0. The van der Waals surface area contributed by atoms with Gasteiger partial charge >= 0.3 is 0 Å². The second-order valence-corrected chi connectivity index (χ2v) is 6.01. The van der Waals surface area contributed by atoms with Crippen LogP contribution in [0.4, 0.5) is 15.8 Å². The van der Waals surface area contributed by atoms with Crippen LogP contribution in [0.25, 0.3) is 10.9 Å². The average molecular weight is 390 g/mol. The Morgan fingerprint density at radius 1 is 1.21 bits per heavy atom. The Balaban J connectivity index is 2.16. The Kier molecular flexibility index (Phi) is 4.41. The van der Waals surface area contributed by atoms with E-state index in [1.54, 1.807) is 30.3 Å². The molecule has 1 aromatic heterocycles. The van der Waals surface area contributed by atoms with Crippen LogP contribution in [-0.4, -0.2) is 16.1 Å². The predicted octanol–water partition coefficient (Wildman–Crippen LogP) is 2.83. The van der Waals surface area contributed by atoms with Gasteiger partial charge in [0.25, 0.3) is 5.91 Å². The number of nitrogens with zero attached hydrogens (tertiary/aromatic N) is 2. The molecule has 0 saturated heterocycles.